The number of benzene rings is 1. The van der Waals surface area contributed by atoms with Gasteiger partial charge in [-0.15, -0.1) is 0 Å². The van der Waals surface area contributed by atoms with E-state index in [2.05, 4.69) is 52.6 Å². The second kappa shape index (κ2) is 6.29. The fourth-order valence-electron chi connectivity index (χ4n) is 2.76. The summed E-state index contributed by atoms with van der Waals surface area (Å²) in [6.07, 6.45) is 1.09. The molecule has 0 atom stereocenters. The average molecular weight is 273 g/mol. The zero-order valence-corrected chi connectivity index (χ0v) is 12.1. The van der Waals surface area contributed by atoms with Crippen molar-refractivity contribution in [2.75, 3.05) is 44.4 Å². The van der Waals surface area contributed by atoms with Crippen LogP contribution in [0.3, 0.4) is 0 Å². The normalized spacial score (nSPS) is 20.4. The van der Waals surface area contributed by atoms with Crippen LogP contribution in [0.5, 0.6) is 0 Å². The van der Waals surface area contributed by atoms with Gasteiger partial charge in [-0.05, 0) is 24.6 Å². The summed E-state index contributed by atoms with van der Waals surface area (Å²) < 4.78 is 5.39. The van der Waals surface area contributed by atoms with Gasteiger partial charge in [0.25, 0.3) is 0 Å². The molecule has 0 amide bonds. The largest absolute Gasteiger partial charge is 0.379 e. The Bertz CT molecular complexity index is 466. The number of rotatable bonds is 4. The van der Waals surface area contributed by atoms with Gasteiger partial charge in [0.2, 0.25) is 0 Å². The molecule has 0 unspecified atom stereocenters. The van der Waals surface area contributed by atoms with Crippen molar-refractivity contribution in [3.05, 3.63) is 41.6 Å². The molecule has 1 saturated heterocycles. The molecule has 3 rings (SSSR count). The van der Waals surface area contributed by atoms with Crippen LogP contribution in [0, 0.1) is 0 Å². The maximum Gasteiger partial charge on any atom is 0.0621 e. The average Bonchev–Trinajstić information content (AvgIpc) is 2.88. The number of nitrogens with one attached hydrogen (secondary N) is 1. The molecular formula is C16H23N3O. The van der Waals surface area contributed by atoms with Gasteiger partial charge in [-0.3, -0.25) is 9.91 Å². The van der Waals surface area contributed by atoms with E-state index in [4.69, 9.17) is 4.74 Å². The molecule has 108 valence electrons. The zero-order valence-electron chi connectivity index (χ0n) is 12.1. The van der Waals surface area contributed by atoms with Crippen LogP contribution in [0.15, 0.2) is 41.6 Å². The molecule has 1 fully saturated rings. The van der Waals surface area contributed by atoms with Gasteiger partial charge in [0, 0.05) is 31.8 Å². The first-order valence-electron chi connectivity index (χ1n) is 7.41. The van der Waals surface area contributed by atoms with Crippen LogP contribution in [-0.4, -0.2) is 44.3 Å². The minimum Gasteiger partial charge on any atom is -0.379 e. The molecule has 4 heteroatoms. The van der Waals surface area contributed by atoms with Crippen LogP contribution in [-0.2, 0) is 4.74 Å². The van der Waals surface area contributed by atoms with E-state index in [0.29, 0.717) is 0 Å². The molecule has 1 aromatic carbocycles. The Labute approximate surface area is 121 Å². The third kappa shape index (κ3) is 3.14. The number of ether oxygens (including phenoxy) is 1. The Hall–Kier alpha value is -1.52. The van der Waals surface area contributed by atoms with Gasteiger partial charge in [-0.1, -0.05) is 18.2 Å². The molecule has 0 aliphatic carbocycles. The van der Waals surface area contributed by atoms with Gasteiger partial charge >= 0.3 is 0 Å². The first-order valence-corrected chi connectivity index (χ1v) is 7.41. The number of hydrazine groups is 1. The predicted octanol–water partition coefficient (Wildman–Crippen LogP) is 2.01. The van der Waals surface area contributed by atoms with Crippen molar-refractivity contribution >= 4 is 5.69 Å². The smallest absolute Gasteiger partial charge is 0.0621 e. The molecule has 0 spiro atoms. The number of morpholine rings is 1. The van der Waals surface area contributed by atoms with E-state index in [0.717, 1.165) is 45.8 Å². The van der Waals surface area contributed by atoms with E-state index in [1.54, 1.807) is 0 Å². The Morgan fingerprint density at radius 1 is 1.15 bits per heavy atom. The molecule has 2 heterocycles. The van der Waals surface area contributed by atoms with Gasteiger partial charge in [0.05, 0.1) is 25.4 Å². The lowest BCUT2D eigenvalue weighted by Crippen LogP contribution is -2.38. The highest BCUT2D eigenvalue weighted by Gasteiger charge is 2.19. The summed E-state index contributed by atoms with van der Waals surface area (Å²) in [5, 5.41) is 2.23. The van der Waals surface area contributed by atoms with Crippen molar-refractivity contribution in [2.24, 2.45) is 0 Å². The van der Waals surface area contributed by atoms with Gasteiger partial charge in [0.15, 0.2) is 0 Å². The van der Waals surface area contributed by atoms with Crippen molar-refractivity contribution in [2.45, 2.75) is 13.3 Å². The Morgan fingerprint density at radius 3 is 2.65 bits per heavy atom. The molecule has 4 nitrogen and oxygen atoms in total. The van der Waals surface area contributed by atoms with E-state index in [9.17, 15) is 0 Å². The summed E-state index contributed by atoms with van der Waals surface area (Å²) in [5.74, 6) is 0. The molecule has 1 N–H and O–H groups in total. The topological polar surface area (TPSA) is 27.7 Å². The molecule has 0 saturated carbocycles. The summed E-state index contributed by atoms with van der Waals surface area (Å²) in [7, 11) is 0. The highest BCUT2D eigenvalue weighted by atomic mass is 16.5. The molecule has 20 heavy (non-hydrogen) atoms. The van der Waals surface area contributed by atoms with Crippen LogP contribution in [0.25, 0.3) is 0 Å². The molecule has 0 bridgehead atoms. The van der Waals surface area contributed by atoms with Crippen molar-refractivity contribution in [3.8, 4) is 0 Å². The molecule has 0 radical (unpaired) electrons. The van der Waals surface area contributed by atoms with Crippen LogP contribution >= 0.6 is 0 Å². The minimum atomic E-state index is 0.877. The third-order valence-electron chi connectivity index (χ3n) is 4.03. The van der Waals surface area contributed by atoms with E-state index in [-0.39, 0.29) is 0 Å². The summed E-state index contributed by atoms with van der Waals surface area (Å²) in [6, 6.07) is 10.5. The Kier molecular flexibility index (Phi) is 4.23. The summed E-state index contributed by atoms with van der Waals surface area (Å²) >= 11 is 0. The first-order chi connectivity index (χ1) is 9.83. The third-order valence-corrected chi connectivity index (χ3v) is 4.03. The van der Waals surface area contributed by atoms with Crippen molar-refractivity contribution in [3.63, 3.8) is 0 Å². The lowest BCUT2D eigenvalue weighted by Gasteiger charge is -2.27. The number of hydrogen-bond donors (Lipinski definition) is 1. The highest BCUT2D eigenvalue weighted by molar-refractivity contribution is 5.49. The van der Waals surface area contributed by atoms with E-state index in [1.807, 2.05) is 0 Å². The SMILES string of the molecule is CC1=C(CCN2CCOCC2)NN(c2ccccc2)C1. The second-order valence-electron chi connectivity index (χ2n) is 5.50. The van der Waals surface area contributed by atoms with Gasteiger partial charge in [-0.25, -0.2) is 0 Å². The first kappa shape index (κ1) is 13.5. The maximum atomic E-state index is 5.39. The number of para-hydroxylation sites is 1. The molecular weight excluding hydrogens is 250 g/mol. The highest BCUT2D eigenvalue weighted by Crippen LogP contribution is 2.21. The van der Waals surface area contributed by atoms with Crippen molar-refractivity contribution in [1.29, 1.82) is 0 Å². The quantitative estimate of drug-likeness (QED) is 0.908. The molecule has 0 aromatic heterocycles. The van der Waals surface area contributed by atoms with Crippen molar-refractivity contribution in [1.82, 2.24) is 10.3 Å². The van der Waals surface area contributed by atoms with Crippen LogP contribution in [0.2, 0.25) is 0 Å². The maximum absolute atomic E-state index is 5.39. The van der Waals surface area contributed by atoms with Crippen LogP contribution < -0.4 is 10.4 Å². The lowest BCUT2D eigenvalue weighted by atomic mass is 10.2. The van der Waals surface area contributed by atoms with E-state index in [1.165, 1.54) is 17.0 Å². The fourth-order valence-corrected chi connectivity index (χ4v) is 2.76. The van der Waals surface area contributed by atoms with Gasteiger partial charge in [-0.2, -0.15) is 0 Å². The van der Waals surface area contributed by atoms with Crippen LogP contribution in [0.4, 0.5) is 5.69 Å². The Morgan fingerprint density at radius 2 is 1.90 bits per heavy atom. The molecule has 2 aliphatic rings. The van der Waals surface area contributed by atoms with Gasteiger partial charge < -0.3 is 10.2 Å². The number of hydrogen-bond acceptors (Lipinski definition) is 4. The Balaban J connectivity index is 1.53. The molecule has 1 aromatic rings. The second-order valence-corrected chi connectivity index (χ2v) is 5.50. The lowest BCUT2D eigenvalue weighted by molar-refractivity contribution is 0.0383. The summed E-state index contributed by atoms with van der Waals surface area (Å²) in [6.45, 7) is 8.20. The fraction of sp³-hybridized carbons (Fsp3) is 0.500. The summed E-state index contributed by atoms with van der Waals surface area (Å²) in [4.78, 5) is 2.48. The van der Waals surface area contributed by atoms with Gasteiger partial charge in [0.1, 0.15) is 0 Å². The molecule has 2 aliphatic heterocycles. The van der Waals surface area contributed by atoms with E-state index < -0.39 is 0 Å². The summed E-state index contributed by atoms with van der Waals surface area (Å²) in [5.41, 5.74) is 7.60. The predicted molar refractivity (Wildman–Crippen MR) is 81.5 cm³/mol. The number of nitrogens with zero attached hydrogens (tertiary/aromatic N) is 2. The van der Waals surface area contributed by atoms with Crippen molar-refractivity contribution < 1.29 is 4.74 Å². The number of anilines is 1. The van der Waals surface area contributed by atoms with Crippen LogP contribution in [0.1, 0.15) is 13.3 Å². The standard InChI is InChI=1S/C16H23N3O/c1-14-13-19(15-5-3-2-4-6-15)17-16(14)7-8-18-9-11-20-12-10-18/h2-6,17H,7-13H2,1H3. The zero-order chi connectivity index (χ0) is 13.8. The monoisotopic (exact) mass is 273 g/mol. The van der Waals surface area contributed by atoms with E-state index >= 15 is 0 Å². The minimum absolute atomic E-state index is 0.877.